The molecule has 3 rings (SSSR count). The highest BCUT2D eigenvalue weighted by Crippen LogP contribution is 2.41. The second kappa shape index (κ2) is 10.8. The zero-order valence-electron chi connectivity index (χ0n) is 18.4. The number of hydrogen-bond donors (Lipinski definition) is 2. The number of nitrogens with one attached hydrogen (secondary N) is 1. The molecular weight excluding hydrogens is 489 g/mol. The third kappa shape index (κ3) is 6.21. The van der Waals surface area contributed by atoms with Crippen molar-refractivity contribution in [2.75, 3.05) is 30.3 Å². The van der Waals surface area contributed by atoms with Crippen molar-refractivity contribution in [3.63, 3.8) is 0 Å². The van der Waals surface area contributed by atoms with Gasteiger partial charge in [0.05, 0.1) is 16.1 Å². The summed E-state index contributed by atoms with van der Waals surface area (Å²) in [6, 6.07) is 3.31. The summed E-state index contributed by atoms with van der Waals surface area (Å²) < 4.78 is 21.9. The molecule has 1 fully saturated rings. The largest absolute Gasteiger partial charge is 0.598 e. The van der Waals surface area contributed by atoms with Crippen LogP contribution in [0.1, 0.15) is 45.2 Å². The van der Waals surface area contributed by atoms with Crippen molar-refractivity contribution in [2.24, 2.45) is 5.92 Å². The van der Waals surface area contributed by atoms with Crippen LogP contribution in [0.3, 0.4) is 0 Å². The third-order valence-electron chi connectivity index (χ3n) is 5.25. The van der Waals surface area contributed by atoms with Gasteiger partial charge in [0.2, 0.25) is 10.3 Å². The number of halogens is 2. The molecule has 0 radical (unpaired) electrons. The monoisotopic (exact) mass is 517 g/mol. The van der Waals surface area contributed by atoms with Crippen LogP contribution in [0.2, 0.25) is 10.0 Å². The molecule has 0 saturated carbocycles. The van der Waals surface area contributed by atoms with Gasteiger partial charge in [-0.25, -0.2) is 0 Å². The first-order valence-corrected chi connectivity index (χ1v) is 13.1. The maximum absolute atomic E-state index is 13.1. The van der Waals surface area contributed by atoms with Crippen LogP contribution in [0.5, 0.6) is 5.75 Å². The first-order valence-electron chi connectivity index (χ1n) is 10.3. The Morgan fingerprint density at radius 1 is 1.34 bits per heavy atom. The number of nitrogen functional groups attached to an aromatic ring is 1. The summed E-state index contributed by atoms with van der Waals surface area (Å²) in [6.45, 7) is 11.5. The van der Waals surface area contributed by atoms with Crippen molar-refractivity contribution in [3.8, 4) is 5.75 Å². The topological polar surface area (TPSA) is 99.4 Å². The maximum atomic E-state index is 13.1. The van der Waals surface area contributed by atoms with E-state index in [1.807, 2.05) is 26.8 Å². The molecule has 1 saturated heterocycles. The van der Waals surface area contributed by atoms with Crippen LogP contribution >= 0.6 is 34.5 Å². The third-order valence-corrected chi connectivity index (χ3v) is 8.36. The molecule has 0 amide bonds. The van der Waals surface area contributed by atoms with E-state index < -0.39 is 16.1 Å². The number of benzene rings is 1. The van der Waals surface area contributed by atoms with E-state index in [9.17, 15) is 4.55 Å². The van der Waals surface area contributed by atoms with Gasteiger partial charge in [0.25, 0.3) is 0 Å². The first-order chi connectivity index (χ1) is 15.1. The first kappa shape index (κ1) is 25.4. The average Bonchev–Trinajstić information content (AvgIpc) is 3.18. The van der Waals surface area contributed by atoms with E-state index in [-0.39, 0.29) is 12.0 Å². The summed E-state index contributed by atoms with van der Waals surface area (Å²) in [7, 11) is 0. The fraction of sp³-hybridized carbons (Fsp3) is 0.524. The smallest absolute Gasteiger partial charge is 0.209 e. The molecule has 1 aromatic carbocycles. The fourth-order valence-electron chi connectivity index (χ4n) is 3.54. The predicted octanol–water partition coefficient (Wildman–Crippen LogP) is 5.00. The summed E-state index contributed by atoms with van der Waals surface area (Å²) in [5.41, 5.74) is 6.59. The zero-order valence-corrected chi connectivity index (χ0v) is 21.6. The van der Waals surface area contributed by atoms with Crippen LogP contribution in [0.4, 0.5) is 10.3 Å². The molecule has 32 heavy (non-hydrogen) atoms. The number of rotatable bonds is 8. The maximum Gasteiger partial charge on any atom is 0.209 e. The molecule has 0 aliphatic carbocycles. The molecule has 0 bridgehead atoms. The van der Waals surface area contributed by atoms with E-state index in [4.69, 9.17) is 33.7 Å². The molecule has 2 atom stereocenters. The van der Waals surface area contributed by atoms with E-state index in [1.165, 1.54) is 11.3 Å². The summed E-state index contributed by atoms with van der Waals surface area (Å²) in [5.74, 6) is 0.813. The van der Waals surface area contributed by atoms with Gasteiger partial charge in [-0.15, -0.1) is 14.9 Å². The number of piperidine rings is 1. The lowest BCUT2D eigenvalue weighted by atomic mass is 9.85. The lowest BCUT2D eigenvalue weighted by Crippen LogP contribution is -2.45. The number of anilines is 2. The Bertz CT molecular complexity index is 929. The quantitative estimate of drug-likeness (QED) is 0.375. The molecule has 0 spiro atoms. The minimum atomic E-state index is -1.29. The number of nitrogens with two attached hydrogens (primary N) is 1. The average molecular weight is 519 g/mol. The highest BCUT2D eigenvalue weighted by atomic mass is 35.5. The van der Waals surface area contributed by atoms with Crippen LogP contribution in [-0.2, 0) is 11.4 Å². The lowest BCUT2D eigenvalue weighted by molar-refractivity contribution is 0.306. The number of hydrogen-bond acceptors (Lipinski definition) is 8. The van der Waals surface area contributed by atoms with Gasteiger partial charge in [0.15, 0.2) is 0 Å². The molecule has 176 valence electrons. The van der Waals surface area contributed by atoms with Crippen molar-refractivity contribution >= 4 is 56.2 Å². The summed E-state index contributed by atoms with van der Waals surface area (Å²) >= 11 is 12.8. The van der Waals surface area contributed by atoms with Crippen molar-refractivity contribution in [3.05, 3.63) is 40.4 Å². The molecule has 11 heteroatoms. The van der Waals surface area contributed by atoms with Crippen molar-refractivity contribution < 1.29 is 9.29 Å². The molecule has 3 N–H and O–H groups in total. The van der Waals surface area contributed by atoms with Crippen LogP contribution in [-0.4, -0.2) is 39.2 Å². The van der Waals surface area contributed by atoms with Gasteiger partial charge in [0.1, 0.15) is 17.1 Å². The number of ether oxygens (including phenoxy) is 1. The Labute approximate surface area is 206 Å². The number of nitrogens with zero attached hydrogens (tertiary/aromatic N) is 3. The van der Waals surface area contributed by atoms with Crippen molar-refractivity contribution in [2.45, 2.75) is 44.4 Å². The van der Waals surface area contributed by atoms with E-state index in [0.717, 1.165) is 36.6 Å². The molecule has 7 nitrogen and oxygen atoms in total. The Morgan fingerprint density at radius 3 is 2.56 bits per heavy atom. The van der Waals surface area contributed by atoms with Gasteiger partial charge >= 0.3 is 0 Å². The van der Waals surface area contributed by atoms with Crippen LogP contribution < -0.4 is 20.1 Å². The minimum Gasteiger partial charge on any atom is -0.598 e. The van der Waals surface area contributed by atoms with Gasteiger partial charge < -0.3 is 19.9 Å². The summed E-state index contributed by atoms with van der Waals surface area (Å²) in [4.78, 5) is 2.19. The zero-order chi connectivity index (χ0) is 23.5. The van der Waals surface area contributed by atoms with Gasteiger partial charge in [0, 0.05) is 36.1 Å². The van der Waals surface area contributed by atoms with Gasteiger partial charge in [-0.1, -0.05) is 47.2 Å². The fourth-order valence-corrected chi connectivity index (χ4v) is 5.44. The number of aromatic nitrogens is 2. The van der Waals surface area contributed by atoms with Gasteiger partial charge in [-0.05, 0) is 45.6 Å². The van der Waals surface area contributed by atoms with Crippen molar-refractivity contribution in [1.29, 1.82) is 0 Å². The second-order valence-electron chi connectivity index (χ2n) is 8.63. The van der Waals surface area contributed by atoms with Gasteiger partial charge in [-0.3, -0.25) is 0 Å². The second-order valence-corrected chi connectivity index (χ2v) is 12.4. The van der Waals surface area contributed by atoms with Crippen LogP contribution in [0, 0.1) is 5.92 Å². The van der Waals surface area contributed by atoms with E-state index >= 15 is 0 Å². The molecule has 1 aromatic heterocycles. The molecular formula is C21H29Cl2N5O2S2. The van der Waals surface area contributed by atoms with Crippen LogP contribution in [0.15, 0.2) is 24.8 Å². The predicted molar refractivity (Wildman–Crippen MR) is 135 cm³/mol. The van der Waals surface area contributed by atoms with Crippen LogP contribution in [0.25, 0.3) is 0 Å². The molecule has 1 aliphatic heterocycles. The van der Waals surface area contributed by atoms with E-state index in [1.54, 1.807) is 12.1 Å². The highest BCUT2D eigenvalue weighted by molar-refractivity contribution is 7.90. The van der Waals surface area contributed by atoms with Crippen molar-refractivity contribution in [1.82, 2.24) is 14.9 Å². The Morgan fingerprint density at radius 2 is 2.00 bits per heavy atom. The Kier molecular flexibility index (Phi) is 8.57. The Hall–Kier alpha value is -1.23. The molecule has 2 heterocycles. The molecule has 1 aliphatic rings. The highest BCUT2D eigenvalue weighted by Gasteiger charge is 2.37. The standard InChI is InChI=1S/C21H29Cl2N5O2S2/c1-5-10-30-17-12-16(23)15(22)11-14(17)18(27-32(29)21(2,3)4)13-6-8-28(9-7-13)20-26-25-19(24)31-20/h5,11-13,18,27H,1,6-10H2,2-4H3,(H2,24,25). The van der Waals surface area contributed by atoms with E-state index in [0.29, 0.717) is 27.5 Å². The lowest BCUT2D eigenvalue weighted by Gasteiger charge is -2.38. The molecule has 2 aromatic rings. The minimum absolute atomic E-state index is 0.200. The molecule has 2 unspecified atom stereocenters. The summed E-state index contributed by atoms with van der Waals surface area (Å²) in [5, 5.41) is 10.2. The SMILES string of the molecule is C=CCOc1cc(Cl)c(Cl)cc1C(N[S+]([O-])C(C)(C)C)C1CCN(c2nnc(N)s2)CC1. The Balaban J connectivity index is 1.89. The normalized spacial score (nSPS) is 17.2. The van der Waals surface area contributed by atoms with E-state index in [2.05, 4.69) is 26.4 Å². The van der Waals surface area contributed by atoms with Gasteiger partial charge in [-0.2, -0.15) is 0 Å². The summed E-state index contributed by atoms with van der Waals surface area (Å²) in [6.07, 6.45) is 3.40.